The molecule has 0 aliphatic carbocycles. The first kappa shape index (κ1) is 9.37. The van der Waals surface area contributed by atoms with Crippen molar-refractivity contribution in [1.29, 1.82) is 0 Å². The molecular formula is C11H11NOS. The van der Waals surface area contributed by atoms with Crippen LogP contribution in [0.2, 0.25) is 0 Å². The van der Waals surface area contributed by atoms with E-state index in [1.54, 1.807) is 17.5 Å². The van der Waals surface area contributed by atoms with Gasteiger partial charge in [-0.25, -0.2) is 4.98 Å². The highest BCUT2D eigenvalue weighted by atomic mass is 32.1. The van der Waals surface area contributed by atoms with Crippen molar-refractivity contribution in [2.45, 2.75) is 13.5 Å². The molecule has 72 valence electrons. The highest BCUT2D eigenvalue weighted by Crippen LogP contribution is 2.23. The molecule has 0 radical (unpaired) electrons. The maximum atomic E-state index is 9.03. The second kappa shape index (κ2) is 3.90. The van der Waals surface area contributed by atoms with Crippen molar-refractivity contribution in [1.82, 2.24) is 4.98 Å². The summed E-state index contributed by atoms with van der Waals surface area (Å²) in [6.07, 6.45) is 1.80. The molecule has 0 aliphatic heterocycles. The molecule has 2 aromatic rings. The molecule has 1 aromatic carbocycles. The Bertz CT molecular complexity index is 423. The lowest BCUT2D eigenvalue weighted by atomic mass is 10.1. The van der Waals surface area contributed by atoms with Crippen molar-refractivity contribution in [2.24, 2.45) is 0 Å². The summed E-state index contributed by atoms with van der Waals surface area (Å²) in [6, 6.07) is 6.01. The second-order valence-corrected chi connectivity index (χ2v) is 4.03. The van der Waals surface area contributed by atoms with Crippen LogP contribution in [-0.2, 0) is 6.61 Å². The number of thiazole rings is 1. The van der Waals surface area contributed by atoms with E-state index in [0.29, 0.717) is 0 Å². The minimum absolute atomic E-state index is 0.101. The molecular weight excluding hydrogens is 194 g/mol. The third-order valence-electron chi connectivity index (χ3n) is 2.19. The van der Waals surface area contributed by atoms with Gasteiger partial charge in [-0.1, -0.05) is 12.1 Å². The standard InChI is InChI=1S/C11H11NOS/c1-8-6-9(2-3-10(8)7-13)11-12-4-5-14-11/h2-6,13H,7H2,1H3. The van der Waals surface area contributed by atoms with Crippen LogP contribution < -0.4 is 0 Å². The lowest BCUT2D eigenvalue weighted by molar-refractivity contribution is 0.281. The van der Waals surface area contributed by atoms with E-state index >= 15 is 0 Å². The topological polar surface area (TPSA) is 33.1 Å². The number of hydrogen-bond donors (Lipinski definition) is 1. The first-order valence-corrected chi connectivity index (χ1v) is 5.29. The lowest BCUT2D eigenvalue weighted by Crippen LogP contribution is -1.88. The third-order valence-corrected chi connectivity index (χ3v) is 3.01. The molecule has 0 amide bonds. The van der Waals surface area contributed by atoms with Gasteiger partial charge in [0.2, 0.25) is 0 Å². The fourth-order valence-corrected chi connectivity index (χ4v) is 2.01. The van der Waals surface area contributed by atoms with Gasteiger partial charge < -0.3 is 5.11 Å². The van der Waals surface area contributed by atoms with E-state index in [2.05, 4.69) is 11.1 Å². The van der Waals surface area contributed by atoms with Gasteiger partial charge in [-0.15, -0.1) is 11.3 Å². The van der Waals surface area contributed by atoms with Gasteiger partial charge in [-0.05, 0) is 24.1 Å². The van der Waals surface area contributed by atoms with Gasteiger partial charge in [0.05, 0.1) is 6.61 Å². The highest BCUT2D eigenvalue weighted by molar-refractivity contribution is 7.13. The Morgan fingerprint density at radius 2 is 2.29 bits per heavy atom. The molecule has 2 nitrogen and oxygen atoms in total. The minimum Gasteiger partial charge on any atom is -0.392 e. The van der Waals surface area contributed by atoms with E-state index in [0.717, 1.165) is 21.7 Å². The van der Waals surface area contributed by atoms with Gasteiger partial charge in [0.1, 0.15) is 5.01 Å². The van der Waals surface area contributed by atoms with E-state index in [4.69, 9.17) is 5.11 Å². The smallest absolute Gasteiger partial charge is 0.123 e. The van der Waals surface area contributed by atoms with Crippen molar-refractivity contribution in [3.8, 4) is 10.6 Å². The molecule has 0 bridgehead atoms. The molecule has 0 spiro atoms. The zero-order valence-corrected chi connectivity index (χ0v) is 8.71. The van der Waals surface area contributed by atoms with Gasteiger partial charge in [0.25, 0.3) is 0 Å². The minimum atomic E-state index is 0.101. The Morgan fingerprint density at radius 1 is 1.43 bits per heavy atom. The largest absolute Gasteiger partial charge is 0.392 e. The number of aryl methyl sites for hydroxylation is 1. The summed E-state index contributed by atoms with van der Waals surface area (Å²) in [4.78, 5) is 4.24. The molecule has 1 aromatic heterocycles. The van der Waals surface area contributed by atoms with E-state index in [9.17, 15) is 0 Å². The van der Waals surface area contributed by atoms with Gasteiger partial charge in [-0.2, -0.15) is 0 Å². The van der Waals surface area contributed by atoms with E-state index in [1.807, 2.05) is 24.4 Å². The first-order valence-electron chi connectivity index (χ1n) is 4.41. The summed E-state index contributed by atoms with van der Waals surface area (Å²) >= 11 is 1.62. The summed E-state index contributed by atoms with van der Waals surface area (Å²) < 4.78 is 0. The van der Waals surface area contributed by atoms with Crippen LogP contribution in [0.25, 0.3) is 10.6 Å². The predicted molar refractivity (Wildman–Crippen MR) is 58.2 cm³/mol. The highest BCUT2D eigenvalue weighted by Gasteiger charge is 2.02. The Balaban J connectivity index is 2.43. The van der Waals surface area contributed by atoms with Crippen LogP contribution in [0.15, 0.2) is 29.8 Å². The number of hydrogen-bond acceptors (Lipinski definition) is 3. The Morgan fingerprint density at radius 3 is 2.86 bits per heavy atom. The molecule has 14 heavy (non-hydrogen) atoms. The van der Waals surface area contributed by atoms with Gasteiger partial charge >= 0.3 is 0 Å². The molecule has 3 heteroatoms. The predicted octanol–water partition coefficient (Wildman–Crippen LogP) is 2.61. The monoisotopic (exact) mass is 205 g/mol. The quantitative estimate of drug-likeness (QED) is 0.817. The average molecular weight is 205 g/mol. The van der Waals surface area contributed by atoms with Gasteiger partial charge in [-0.3, -0.25) is 0 Å². The van der Waals surface area contributed by atoms with Crippen molar-refractivity contribution < 1.29 is 5.11 Å². The van der Waals surface area contributed by atoms with Gasteiger partial charge in [0, 0.05) is 17.1 Å². The molecule has 0 aliphatic rings. The third kappa shape index (κ3) is 1.69. The number of nitrogens with zero attached hydrogens (tertiary/aromatic N) is 1. The molecule has 1 heterocycles. The molecule has 0 unspecified atom stereocenters. The van der Waals surface area contributed by atoms with Crippen LogP contribution in [0.5, 0.6) is 0 Å². The molecule has 0 atom stereocenters. The summed E-state index contributed by atoms with van der Waals surface area (Å²) in [5, 5.41) is 12.0. The Labute approximate surface area is 86.9 Å². The Kier molecular flexibility index (Phi) is 2.61. The van der Waals surface area contributed by atoms with Crippen molar-refractivity contribution >= 4 is 11.3 Å². The van der Waals surface area contributed by atoms with Crippen LogP contribution in [0.4, 0.5) is 0 Å². The van der Waals surface area contributed by atoms with Crippen molar-refractivity contribution in [3.05, 3.63) is 40.9 Å². The number of benzene rings is 1. The van der Waals surface area contributed by atoms with E-state index in [1.165, 1.54) is 0 Å². The van der Waals surface area contributed by atoms with Crippen LogP contribution in [0.1, 0.15) is 11.1 Å². The molecule has 0 saturated heterocycles. The first-order chi connectivity index (χ1) is 6.81. The SMILES string of the molecule is Cc1cc(-c2nccs2)ccc1CO. The molecule has 0 fully saturated rings. The van der Waals surface area contributed by atoms with Crippen molar-refractivity contribution in [3.63, 3.8) is 0 Å². The lowest BCUT2D eigenvalue weighted by Gasteiger charge is -2.03. The summed E-state index contributed by atoms with van der Waals surface area (Å²) in [5.41, 5.74) is 3.21. The number of aliphatic hydroxyl groups excluding tert-OH is 1. The van der Waals surface area contributed by atoms with E-state index < -0.39 is 0 Å². The molecule has 2 rings (SSSR count). The summed E-state index contributed by atoms with van der Waals surface area (Å²) in [5.74, 6) is 0. The summed E-state index contributed by atoms with van der Waals surface area (Å²) in [6.45, 7) is 2.10. The average Bonchev–Trinajstić information content (AvgIpc) is 2.70. The van der Waals surface area contributed by atoms with Gasteiger partial charge in [0.15, 0.2) is 0 Å². The maximum Gasteiger partial charge on any atom is 0.123 e. The summed E-state index contributed by atoms with van der Waals surface area (Å²) in [7, 11) is 0. The number of aromatic nitrogens is 1. The van der Waals surface area contributed by atoms with Crippen LogP contribution in [0, 0.1) is 6.92 Å². The normalized spacial score (nSPS) is 10.4. The molecule has 0 saturated carbocycles. The zero-order valence-electron chi connectivity index (χ0n) is 7.90. The fraction of sp³-hybridized carbons (Fsp3) is 0.182. The van der Waals surface area contributed by atoms with Crippen LogP contribution >= 0.6 is 11.3 Å². The van der Waals surface area contributed by atoms with Crippen LogP contribution in [0.3, 0.4) is 0 Å². The fourth-order valence-electron chi connectivity index (χ4n) is 1.37. The molecule has 1 N–H and O–H groups in total. The number of rotatable bonds is 2. The second-order valence-electron chi connectivity index (χ2n) is 3.14. The number of aliphatic hydroxyl groups is 1. The van der Waals surface area contributed by atoms with Crippen LogP contribution in [-0.4, -0.2) is 10.1 Å². The van der Waals surface area contributed by atoms with E-state index in [-0.39, 0.29) is 6.61 Å². The Hall–Kier alpha value is -1.19. The maximum absolute atomic E-state index is 9.03. The van der Waals surface area contributed by atoms with Crippen molar-refractivity contribution in [2.75, 3.05) is 0 Å². The zero-order chi connectivity index (χ0) is 9.97.